The molecule has 0 saturated carbocycles. The Morgan fingerprint density at radius 1 is 1.14 bits per heavy atom. The Balaban J connectivity index is 3.89. The van der Waals surface area contributed by atoms with Gasteiger partial charge in [0.2, 0.25) is 0 Å². The fraction of sp³-hybridized carbons (Fsp3) is 0.846. The molecule has 0 radical (unpaired) electrons. The summed E-state index contributed by atoms with van der Waals surface area (Å²) in [5, 5.41) is 19.8. The van der Waals surface area contributed by atoms with Crippen LogP contribution in [0.25, 0.3) is 0 Å². The summed E-state index contributed by atoms with van der Waals surface area (Å²) in [5.74, 6) is 0. The molecule has 0 aliphatic heterocycles. The lowest BCUT2D eigenvalue weighted by Crippen LogP contribution is -2.32. The van der Waals surface area contributed by atoms with Gasteiger partial charge in [-0.15, -0.1) is 0 Å². The minimum Gasteiger partial charge on any atom is -0.447 e. The summed E-state index contributed by atoms with van der Waals surface area (Å²) < 4.78 is 15.7. The lowest BCUT2D eigenvalue weighted by atomic mass is 10.4. The maximum absolute atomic E-state index is 11.3. The number of aliphatic hydroxyl groups is 2. The summed E-state index contributed by atoms with van der Waals surface area (Å²) >= 11 is 0. The molecular formula is C13H25NO7. The maximum Gasteiger partial charge on any atom is 0.407 e. The van der Waals surface area contributed by atoms with Gasteiger partial charge in [-0.05, 0) is 12.8 Å². The van der Waals surface area contributed by atoms with Gasteiger partial charge in [0.25, 0.3) is 0 Å². The number of nitrogens with one attached hydrogen (secondary N) is 1. The van der Waals surface area contributed by atoms with Gasteiger partial charge in [0.1, 0.15) is 19.0 Å². The zero-order chi connectivity index (χ0) is 15.8. The standard InChI is InChI=1S/C13H25NO7/c15-5-1-4-14-13(18)21-11-12(20-9-3-7-17)10-19-8-2-6-16/h5,12,16-17H,1-4,6-11H2,(H,14,18). The molecular weight excluding hydrogens is 282 g/mol. The highest BCUT2D eigenvalue weighted by molar-refractivity contribution is 5.67. The summed E-state index contributed by atoms with van der Waals surface area (Å²) in [6, 6.07) is 0. The third kappa shape index (κ3) is 13.5. The molecule has 0 saturated heterocycles. The molecule has 0 fully saturated rings. The summed E-state index contributed by atoms with van der Waals surface area (Å²) in [6.07, 6.45) is 0.885. The molecule has 1 amide bonds. The van der Waals surface area contributed by atoms with Crippen LogP contribution in [0.4, 0.5) is 4.79 Å². The fourth-order valence-electron chi connectivity index (χ4n) is 1.29. The SMILES string of the molecule is O=CCCNC(=O)OCC(COCCCO)OCCCO. The number of alkyl carbamates (subject to hydrolysis) is 1. The molecule has 21 heavy (non-hydrogen) atoms. The zero-order valence-electron chi connectivity index (χ0n) is 12.2. The van der Waals surface area contributed by atoms with Crippen molar-refractivity contribution in [1.82, 2.24) is 5.32 Å². The monoisotopic (exact) mass is 307 g/mol. The second-order valence-electron chi connectivity index (χ2n) is 4.20. The van der Waals surface area contributed by atoms with Crippen molar-refractivity contribution in [3.8, 4) is 0 Å². The van der Waals surface area contributed by atoms with Gasteiger partial charge in [-0.25, -0.2) is 4.79 Å². The Hall–Kier alpha value is -1.22. The van der Waals surface area contributed by atoms with E-state index in [9.17, 15) is 9.59 Å². The van der Waals surface area contributed by atoms with E-state index in [2.05, 4.69) is 5.32 Å². The number of aliphatic hydroxyl groups excluding tert-OH is 2. The summed E-state index contributed by atoms with van der Waals surface area (Å²) in [6.45, 7) is 1.26. The van der Waals surface area contributed by atoms with Crippen LogP contribution in [0.3, 0.4) is 0 Å². The average Bonchev–Trinajstić information content (AvgIpc) is 2.49. The van der Waals surface area contributed by atoms with E-state index in [1.807, 2.05) is 0 Å². The number of carbonyl (C=O) groups excluding carboxylic acids is 2. The molecule has 0 bridgehead atoms. The fourth-order valence-corrected chi connectivity index (χ4v) is 1.29. The first-order valence-electron chi connectivity index (χ1n) is 7.00. The second kappa shape index (κ2) is 15.2. The van der Waals surface area contributed by atoms with Crippen molar-refractivity contribution < 1.29 is 34.0 Å². The molecule has 0 heterocycles. The first-order chi connectivity index (χ1) is 10.2. The average molecular weight is 307 g/mol. The summed E-state index contributed by atoms with van der Waals surface area (Å²) in [5.41, 5.74) is 0. The van der Waals surface area contributed by atoms with Crippen LogP contribution in [0, 0.1) is 0 Å². The van der Waals surface area contributed by atoms with Gasteiger partial charge >= 0.3 is 6.09 Å². The number of hydrogen-bond donors (Lipinski definition) is 3. The molecule has 0 aromatic heterocycles. The molecule has 3 N–H and O–H groups in total. The first-order valence-corrected chi connectivity index (χ1v) is 7.00. The number of aldehydes is 1. The van der Waals surface area contributed by atoms with E-state index >= 15 is 0 Å². The van der Waals surface area contributed by atoms with Crippen molar-refractivity contribution in [3.05, 3.63) is 0 Å². The normalized spacial score (nSPS) is 11.9. The van der Waals surface area contributed by atoms with Crippen molar-refractivity contribution >= 4 is 12.4 Å². The molecule has 0 rings (SSSR count). The topological polar surface area (TPSA) is 114 Å². The second-order valence-corrected chi connectivity index (χ2v) is 4.20. The van der Waals surface area contributed by atoms with Crippen LogP contribution in [0.2, 0.25) is 0 Å². The third-order valence-electron chi connectivity index (χ3n) is 2.34. The van der Waals surface area contributed by atoms with Gasteiger partial charge in [0.15, 0.2) is 0 Å². The molecule has 1 unspecified atom stereocenters. The van der Waals surface area contributed by atoms with Crippen molar-refractivity contribution in [2.24, 2.45) is 0 Å². The molecule has 0 aromatic rings. The Kier molecular flexibility index (Phi) is 14.3. The van der Waals surface area contributed by atoms with E-state index in [4.69, 9.17) is 24.4 Å². The van der Waals surface area contributed by atoms with Crippen LogP contribution < -0.4 is 5.32 Å². The van der Waals surface area contributed by atoms with E-state index in [1.165, 1.54) is 0 Å². The number of ether oxygens (including phenoxy) is 3. The number of rotatable bonds is 14. The molecule has 0 aliphatic carbocycles. The first kappa shape index (κ1) is 19.8. The van der Waals surface area contributed by atoms with Gasteiger partial charge in [0, 0.05) is 39.4 Å². The molecule has 124 valence electrons. The Labute approximate surface area is 124 Å². The molecule has 0 aromatic carbocycles. The Morgan fingerprint density at radius 3 is 2.52 bits per heavy atom. The van der Waals surface area contributed by atoms with Crippen LogP contribution in [0.5, 0.6) is 0 Å². The minimum absolute atomic E-state index is 0.0114. The summed E-state index contributed by atoms with van der Waals surface area (Å²) in [7, 11) is 0. The molecule has 1 atom stereocenters. The van der Waals surface area contributed by atoms with Crippen molar-refractivity contribution in [2.45, 2.75) is 25.4 Å². The predicted octanol–water partition coefficient (Wildman–Crippen LogP) is -0.532. The number of carbonyl (C=O) groups is 2. The predicted molar refractivity (Wildman–Crippen MR) is 74.0 cm³/mol. The van der Waals surface area contributed by atoms with Crippen LogP contribution in [-0.4, -0.2) is 74.9 Å². The third-order valence-corrected chi connectivity index (χ3v) is 2.34. The van der Waals surface area contributed by atoms with Crippen molar-refractivity contribution in [2.75, 3.05) is 46.2 Å². The molecule has 0 aliphatic rings. The summed E-state index contributed by atoms with van der Waals surface area (Å²) in [4.78, 5) is 21.4. The molecule has 8 nitrogen and oxygen atoms in total. The zero-order valence-corrected chi connectivity index (χ0v) is 12.2. The van der Waals surface area contributed by atoms with E-state index in [0.717, 1.165) is 0 Å². The van der Waals surface area contributed by atoms with Crippen LogP contribution in [0.15, 0.2) is 0 Å². The largest absolute Gasteiger partial charge is 0.447 e. The molecule has 8 heteroatoms. The highest BCUT2D eigenvalue weighted by Gasteiger charge is 2.12. The molecule has 0 spiro atoms. The van der Waals surface area contributed by atoms with Crippen LogP contribution in [-0.2, 0) is 19.0 Å². The van der Waals surface area contributed by atoms with Gasteiger partial charge in [-0.3, -0.25) is 0 Å². The van der Waals surface area contributed by atoms with Gasteiger partial charge in [-0.2, -0.15) is 0 Å². The van der Waals surface area contributed by atoms with Gasteiger partial charge in [-0.1, -0.05) is 0 Å². The minimum atomic E-state index is -0.622. The Bertz CT molecular complexity index is 263. The van der Waals surface area contributed by atoms with E-state index in [1.54, 1.807) is 0 Å². The van der Waals surface area contributed by atoms with Gasteiger partial charge < -0.3 is 34.5 Å². The van der Waals surface area contributed by atoms with Crippen LogP contribution >= 0.6 is 0 Å². The number of hydrogen-bond acceptors (Lipinski definition) is 7. The highest BCUT2D eigenvalue weighted by Crippen LogP contribution is 1.98. The van der Waals surface area contributed by atoms with E-state index in [0.29, 0.717) is 32.3 Å². The van der Waals surface area contributed by atoms with E-state index < -0.39 is 12.2 Å². The van der Waals surface area contributed by atoms with Gasteiger partial charge in [0.05, 0.1) is 6.61 Å². The van der Waals surface area contributed by atoms with E-state index in [-0.39, 0.29) is 39.4 Å². The van der Waals surface area contributed by atoms with Crippen molar-refractivity contribution in [1.29, 1.82) is 0 Å². The number of amides is 1. The maximum atomic E-state index is 11.3. The smallest absolute Gasteiger partial charge is 0.407 e. The quantitative estimate of drug-likeness (QED) is 0.292. The van der Waals surface area contributed by atoms with Crippen molar-refractivity contribution in [3.63, 3.8) is 0 Å². The lowest BCUT2D eigenvalue weighted by molar-refractivity contribution is -0.107. The Morgan fingerprint density at radius 2 is 1.86 bits per heavy atom. The van der Waals surface area contributed by atoms with Crippen LogP contribution in [0.1, 0.15) is 19.3 Å². The highest BCUT2D eigenvalue weighted by atomic mass is 16.6. The lowest BCUT2D eigenvalue weighted by Gasteiger charge is -2.18.